The van der Waals surface area contributed by atoms with E-state index in [9.17, 15) is 19.2 Å². The van der Waals surface area contributed by atoms with Crippen molar-refractivity contribution in [2.24, 2.45) is 0 Å². The van der Waals surface area contributed by atoms with E-state index < -0.39 is 24.5 Å². The van der Waals surface area contributed by atoms with E-state index in [1.807, 2.05) is 26.8 Å². The number of ether oxygens (including phenoxy) is 2. The summed E-state index contributed by atoms with van der Waals surface area (Å²) in [6.07, 6.45) is 0.662. The number of hydrogen-bond acceptors (Lipinski definition) is 6. The smallest absolute Gasteiger partial charge is 0.325 e. The highest BCUT2D eigenvalue weighted by molar-refractivity contribution is 6.02. The van der Waals surface area contributed by atoms with Gasteiger partial charge in [-0.15, -0.1) is 0 Å². The van der Waals surface area contributed by atoms with Crippen LogP contribution in [0.4, 0.5) is 10.5 Å². The monoisotopic (exact) mass is 440 g/mol. The van der Waals surface area contributed by atoms with Crippen molar-refractivity contribution < 1.29 is 28.7 Å². The minimum Gasteiger partial charge on any atom is -0.494 e. The Hall–Kier alpha value is -3.68. The molecule has 170 valence electrons. The molecule has 0 fully saturated rings. The first-order valence-corrected chi connectivity index (χ1v) is 10.4. The Bertz CT molecular complexity index is 969. The second-order valence-electron chi connectivity index (χ2n) is 7.21. The molecule has 2 rings (SSSR count). The molecule has 0 spiro atoms. The minimum atomic E-state index is -0.768. The van der Waals surface area contributed by atoms with Crippen LogP contribution in [0.5, 0.6) is 5.75 Å². The molecule has 0 atom stereocenters. The molecule has 0 bridgehead atoms. The minimum absolute atomic E-state index is 0.0528. The summed E-state index contributed by atoms with van der Waals surface area (Å²) in [5.41, 5.74) is 2.92. The molecule has 32 heavy (non-hydrogen) atoms. The molecule has 0 saturated heterocycles. The standard InChI is InChI=1S/C24H28N2O6/c1-4-14-31-19-10-8-18(9-11-19)21(27)12-13-23(29)32-15-22(28)26-24(30)25-20-7-5-6-16(2)17(20)3/h5-11H,4,12-15H2,1-3H3,(H2,25,26,28,30). The zero-order valence-corrected chi connectivity index (χ0v) is 18.5. The summed E-state index contributed by atoms with van der Waals surface area (Å²) in [4.78, 5) is 47.8. The van der Waals surface area contributed by atoms with Crippen molar-refractivity contribution in [3.05, 3.63) is 59.2 Å². The van der Waals surface area contributed by atoms with Crippen molar-refractivity contribution >= 4 is 29.4 Å². The van der Waals surface area contributed by atoms with E-state index in [0.29, 0.717) is 23.6 Å². The van der Waals surface area contributed by atoms with Gasteiger partial charge < -0.3 is 14.8 Å². The van der Waals surface area contributed by atoms with Crippen molar-refractivity contribution in [2.45, 2.75) is 40.0 Å². The first kappa shape index (κ1) is 24.6. The molecule has 3 amide bonds. The van der Waals surface area contributed by atoms with Crippen LogP contribution in [-0.2, 0) is 14.3 Å². The highest BCUT2D eigenvalue weighted by Crippen LogP contribution is 2.17. The first-order valence-electron chi connectivity index (χ1n) is 10.4. The molecule has 0 aliphatic heterocycles. The van der Waals surface area contributed by atoms with E-state index in [1.54, 1.807) is 36.4 Å². The van der Waals surface area contributed by atoms with Crippen LogP contribution in [0.25, 0.3) is 0 Å². The molecule has 2 aromatic rings. The fraction of sp³-hybridized carbons (Fsp3) is 0.333. The molecule has 0 aliphatic rings. The van der Waals surface area contributed by atoms with Crippen LogP contribution < -0.4 is 15.4 Å². The number of nitrogens with one attached hydrogen (secondary N) is 2. The molecule has 0 heterocycles. The average Bonchev–Trinajstić information content (AvgIpc) is 2.78. The number of hydrogen-bond donors (Lipinski definition) is 2. The van der Waals surface area contributed by atoms with Gasteiger partial charge in [0.15, 0.2) is 12.4 Å². The van der Waals surface area contributed by atoms with Gasteiger partial charge in [0.1, 0.15) is 5.75 Å². The highest BCUT2D eigenvalue weighted by Gasteiger charge is 2.14. The van der Waals surface area contributed by atoms with Gasteiger partial charge in [-0.05, 0) is 61.7 Å². The number of rotatable bonds is 10. The summed E-state index contributed by atoms with van der Waals surface area (Å²) in [5, 5.41) is 4.67. The average molecular weight is 440 g/mol. The lowest BCUT2D eigenvalue weighted by atomic mass is 10.1. The number of carbonyl (C=O) groups is 4. The summed E-state index contributed by atoms with van der Waals surface area (Å²) < 4.78 is 10.3. The zero-order valence-electron chi connectivity index (χ0n) is 18.5. The highest BCUT2D eigenvalue weighted by atomic mass is 16.5. The van der Waals surface area contributed by atoms with Gasteiger partial charge in [-0.25, -0.2) is 4.79 Å². The van der Waals surface area contributed by atoms with Crippen LogP contribution in [-0.4, -0.2) is 36.9 Å². The van der Waals surface area contributed by atoms with Crippen molar-refractivity contribution in [1.29, 1.82) is 0 Å². The van der Waals surface area contributed by atoms with Gasteiger partial charge in [0.2, 0.25) is 0 Å². The maximum atomic E-state index is 12.2. The molecule has 8 nitrogen and oxygen atoms in total. The zero-order chi connectivity index (χ0) is 23.5. The summed E-state index contributed by atoms with van der Waals surface area (Å²) in [7, 11) is 0. The third kappa shape index (κ3) is 7.86. The maximum absolute atomic E-state index is 12.2. The van der Waals surface area contributed by atoms with Gasteiger partial charge in [-0.2, -0.15) is 0 Å². The lowest BCUT2D eigenvalue weighted by molar-refractivity contribution is -0.148. The molecule has 8 heteroatoms. The van der Waals surface area contributed by atoms with Gasteiger partial charge in [0, 0.05) is 17.7 Å². The number of ketones is 1. The molecule has 0 saturated carbocycles. The fourth-order valence-corrected chi connectivity index (χ4v) is 2.74. The third-order valence-electron chi connectivity index (χ3n) is 4.68. The van der Waals surface area contributed by atoms with Crippen LogP contribution in [0.3, 0.4) is 0 Å². The molecular formula is C24H28N2O6. The normalized spacial score (nSPS) is 10.2. The second kappa shape index (κ2) is 12.2. The van der Waals surface area contributed by atoms with Crippen molar-refractivity contribution in [1.82, 2.24) is 5.32 Å². The Balaban J connectivity index is 1.70. The molecular weight excluding hydrogens is 412 g/mol. The van der Waals surface area contributed by atoms with Crippen molar-refractivity contribution in [3.8, 4) is 5.75 Å². The van der Waals surface area contributed by atoms with E-state index >= 15 is 0 Å². The summed E-state index contributed by atoms with van der Waals surface area (Å²) in [5.74, 6) is -1.02. The van der Waals surface area contributed by atoms with E-state index in [2.05, 4.69) is 10.6 Å². The van der Waals surface area contributed by atoms with E-state index in [1.165, 1.54) is 0 Å². The lowest BCUT2D eigenvalue weighted by Gasteiger charge is -2.11. The summed E-state index contributed by atoms with van der Waals surface area (Å²) in [6.45, 7) is 5.74. The molecule has 2 aromatic carbocycles. The van der Waals surface area contributed by atoms with Gasteiger partial charge in [-0.1, -0.05) is 19.1 Å². The first-order chi connectivity index (χ1) is 15.3. The topological polar surface area (TPSA) is 111 Å². The fourth-order valence-electron chi connectivity index (χ4n) is 2.74. The van der Waals surface area contributed by atoms with Crippen molar-refractivity contribution in [3.63, 3.8) is 0 Å². The Kier molecular flexibility index (Phi) is 9.41. The van der Waals surface area contributed by atoms with Gasteiger partial charge in [0.05, 0.1) is 13.0 Å². The van der Waals surface area contributed by atoms with Crippen LogP contribution in [0.2, 0.25) is 0 Å². The Morgan fingerprint density at radius 3 is 2.34 bits per heavy atom. The van der Waals surface area contributed by atoms with Gasteiger partial charge in [0.25, 0.3) is 5.91 Å². The number of benzene rings is 2. The predicted octanol–water partition coefficient (Wildman–Crippen LogP) is 3.95. The largest absolute Gasteiger partial charge is 0.494 e. The van der Waals surface area contributed by atoms with Crippen LogP contribution in [0.1, 0.15) is 47.7 Å². The number of urea groups is 1. The van der Waals surface area contributed by atoms with E-state index in [0.717, 1.165) is 17.5 Å². The predicted molar refractivity (Wildman–Crippen MR) is 120 cm³/mol. The number of amides is 3. The Morgan fingerprint density at radius 1 is 0.938 bits per heavy atom. The molecule has 0 aliphatic carbocycles. The van der Waals surface area contributed by atoms with Crippen LogP contribution in [0, 0.1) is 13.8 Å². The summed E-state index contributed by atoms with van der Waals surface area (Å²) >= 11 is 0. The molecule has 0 unspecified atom stereocenters. The maximum Gasteiger partial charge on any atom is 0.325 e. The van der Waals surface area contributed by atoms with E-state index in [4.69, 9.17) is 9.47 Å². The molecule has 0 aromatic heterocycles. The Morgan fingerprint density at radius 2 is 1.66 bits per heavy atom. The van der Waals surface area contributed by atoms with Crippen molar-refractivity contribution in [2.75, 3.05) is 18.5 Å². The molecule has 2 N–H and O–H groups in total. The summed E-state index contributed by atoms with van der Waals surface area (Å²) in [6, 6.07) is 11.4. The molecule has 0 radical (unpaired) electrons. The van der Waals surface area contributed by atoms with Gasteiger partial charge >= 0.3 is 12.0 Å². The number of carbonyl (C=O) groups excluding carboxylic acids is 4. The van der Waals surface area contributed by atoms with Crippen LogP contribution >= 0.6 is 0 Å². The van der Waals surface area contributed by atoms with Gasteiger partial charge in [-0.3, -0.25) is 19.7 Å². The second-order valence-corrected chi connectivity index (χ2v) is 7.21. The third-order valence-corrected chi connectivity index (χ3v) is 4.68. The number of anilines is 1. The lowest BCUT2D eigenvalue weighted by Crippen LogP contribution is -2.37. The number of imide groups is 1. The van der Waals surface area contributed by atoms with E-state index in [-0.39, 0.29) is 18.6 Å². The number of aryl methyl sites for hydroxylation is 1. The quantitative estimate of drug-likeness (QED) is 0.428. The Labute approximate surface area is 187 Å². The van der Waals surface area contributed by atoms with Crippen LogP contribution in [0.15, 0.2) is 42.5 Å². The number of esters is 1. The number of Topliss-reactive ketones (excluding diaryl/α,β-unsaturated/α-hetero) is 1. The SMILES string of the molecule is CCCOc1ccc(C(=O)CCC(=O)OCC(=O)NC(=O)Nc2cccc(C)c2C)cc1.